The molecule has 1 heterocycles. The van der Waals surface area contributed by atoms with Gasteiger partial charge in [0.2, 0.25) is 0 Å². The number of morpholine rings is 1. The van der Waals surface area contributed by atoms with E-state index in [-0.39, 0.29) is 6.03 Å². The summed E-state index contributed by atoms with van der Waals surface area (Å²) in [6, 6.07) is 15.9. The number of hydrogen-bond donors (Lipinski definition) is 2. The molecule has 0 saturated carbocycles. The fraction of sp³-hybridized carbons (Fsp3) is 0.409. The van der Waals surface area contributed by atoms with Gasteiger partial charge >= 0.3 is 6.03 Å². The number of benzene rings is 2. The van der Waals surface area contributed by atoms with Crippen molar-refractivity contribution in [3.8, 4) is 5.75 Å². The number of ether oxygens (including phenoxy) is 2. The molecule has 1 aliphatic heterocycles. The number of hydrogen-bond acceptors (Lipinski definition) is 4. The zero-order valence-corrected chi connectivity index (χ0v) is 16.4. The maximum atomic E-state index is 12.0. The van der Waals surface area contributed by atoms with Crippen molar-refractivity contribution in [2.45, 2.75) is 26.4 Å². The average molecular weight is 383 g/mol. The summed E-state index contributed by atoms with van der Waals surface area (Å²) in [5.41, 5.74) is 3.31. The molecule has 1 fully saturated rings. The van der Waals surface area contributed by atoms with Gasteiger partial charge in [0, 0.05) is 31.9 Å². The van der Waals surface area contributed by atoms with Crippen LogP contribution in [-0.4, -0.2) is 38.9 Å². The van der Waals surface area contributed by atoms with Gasteiger partial charge in [0.1, 0.15) is 5.75 Å². The lowest BCUT2D eigenvalue weighted by atomic mass is 10.2. The van der Waals surface area contributed by atoms with Gasteiger partial charge in [-0.3, -0.25) is 0 Å². The molecule has 0 unspecified atom stereocenters. The van der Waals surface area contributed by atoms with Crippen molar-refractivity contribution < 1.29 is 14.3 Å². The molecule has 2 N–H and O–H groups in total. The standard InChI is InChI=1S/C22H29N3O3/c1-2-13-28-21-9-5-19(6-10-21)17-24-22(26)23-16-18-3-7-20(8-4-18)25-11-14-27-15-12-25/h3-10H,2,11-17H2,1H3,(H2,23,24,26). The highest BCUT2D eigenvalue weighted by Gasteiger charge is 2.10. The summed E-state index contributed by atoms with van der Waals surface area (Å²) in [4.78, 5) is 14.4. The van der Waals surface area contributed by atoms with Crippen molar-refractivity contribution >= 4 is 11.7 Å². The van der Waals surface area contributed by atoms with E-state index in [1.807, 2.05) is 24.3 Å². The molecule has 0 aromatic heterocycles. The second-order valence-electron chi connectivity index (χ2n) is 6.79. The first-order valence-electron chi connectivity index (χ1n) is 9.89. The third kappa shape index (κ3) is 6.16. The fourth-order valence-electron chi connectivity index (χ4n) is 3.00. The highest BCUT2D eigenvalue weighted by Crippen LogP contribution is 2.16. The Morgan fingerprint density at radius 1 is 0.964 bits per heavy atom. The van der Waals surface area contributed by atoms with E-state index in [2.05, 4.69) is 46.7 Å². The van der Waals surface area contributed by atoms with Crippen LogP contribution in [0.3, 0.4) is 0 Å². The van der Waals surface area contributed by atoms with Gasteiger partial charge in [0.15, 0.2) is 0 Å². The predicted molar refractivity (Wildman–Crippen MR) is 111 cm³/mol. The zero-order chi connectivity index (χ0) is 19.6. The molecule has 6 nitrogen and oxygen atoms in total. The van der Waals surface area contributed by atoms with Crippen LogP contribution in [-0.2, 0) is 17.8 Å². The van der Waals surface area contributed by atoms with Crippen LogP contribution in [0.25, 0.3) is 0 Å². The maximum Gasteiger partial charge on any atom is 0.315 e. The van der Waals surface area contributed by atoms with E-state index >= 15 is 0 Å². The van der Waals surface area contributed by atoms with Crippen LogP contribution in [0.4, 0.5) is 10.5 Å². The van der Waals surface area contributed by atoms with Crippen LogP contribution in [0.2, 0.25) is 0 Å². The van der Waals surface area contributed by atoms with E-state index in [1.165, 1.54) is 5.69 Å². The third-order valence-corrected chi connectivity index (χ3v) is 4.61. The van der Waals surface area contributed by atoms with E-state index in [4.69, 9.17) is 9.47 Å². The molecule has 0 bridgehead atoms. The molecule has 6 heteroatoms. The molecule has 3 rings (SSSR count). The minimum Gasteiger partial charge on any atom is -0.494 e. The van der Waals surface area contributed by atoms with Gasteiger partial charge in [0.05, 0.1) is 19.8 Å². The summed E-state index contributed by atoms with van der Waals surface area (Å²) in [6.07, 6.45) is 0.986. The Balaban J connectivity index is 1.39. The Bertz CT molecular complexity index is 726. The minimum absolute atomic E-state index is 0.177. The molecule has 0 aliphatic carbocycles. The van der Waals surface area contributed by atoms with E-state index in [9.17, 15) is 4.79 Å². The Kier molecular flexibility index (Phi) is 7.55. The van der Waals surface area contributed by atoms with Crippen molar-refractivity contribution in [1.29, 1.82) is 0 Å². The van der Waals surface area contributed by atoms with Gasteiger partial charge in [-0.15, -0.1) is 0 Å². The number of rotatable bonds is 8. The molecule has 1 aliphatic rings. The topological polar surface area (TPSA) is 62.8 Å². The van der Waals surface area contributed by atoms with Crippen LogP contribution >= 0.6 is 0 Å². The number of nitrogens with zero attached hydrogens (tertiary/aromatic N) is 1. The van der Waals surface area contributed by atoms with Crippen molar-refractivity contribution in [2.24, 2.45) is 0 Å². The third-order valence-electron chi connectivity index (χ3n) is 4.61. The predicted octanol–water partition coefficient (Wildman–Crippen LogP) is 3.31. The number of anilines is 1. The Labute approximate surface area is 166 Å². The highest BCUT2D eigenvalue weighted by atomic mass is 16.5. The van der Waals surface area contributed by atoms with Crippen molar-refractivity contribution in [2.75, 3.05) is 37.8 Å². The number of carbonyl (C=O) groups is 1. The Morgan fingerprint density at radius 2 is 1.54 bits per heavy atom. The number of carbonyl (C=O) groups excluding carboxylic acids is 1. The molecule has 0 spiro atoms. The van der Waals surface area contributed by atoms with E-state index in [0.717, 1.165) is 49.6 Å². The van der Waals surface area contributed by atoms with E-state index < -0.39 is 0 Å². The molecule has 0 atom stereocenters. The average Bonchev–Trinajstić information content (AvgIpc) is 2.76. The lowest BCUT2D eigenvalue weighted by Crippen LogP contribution is -2.36. The molecule has 0 radical (unpaired) electrons. The minimum atomic E-state index is -0.177. The second kappa shape index (κ2) is 10.6. The summed E-state index contributed by atoms with van der Waals surface area (Å²) in [5.74, 6) is 0.857. The van der Waals surface area contributed by atoms with Crippen LogP contribution in [0.5, 0.6) is 5.75 Å². The first kappa shape index (κ1) is 20.0. The maximum absolute atomic E-state index is 12.0. The van der Waals surface area contributed by atoms with E-state index in [1.54, 1.807) is 0 Å². The summed E-state index contributed by atoms with van der Waals surface area (Å²) < 4.78 is 10.9. The molecular formula is C22H29N3O3. The van der Waals surface area contributed by atoms with Gasteiger partial charge < -0.3 is 25.0 Å². The van der Waals surface area contributed by atoms with Crippen LogP contribution in [0, 0.1) is 0 Å². The number of amides is 2. The summed E-state index contributed by atoms with van der Waals surface area (Å²) in [5, 5.41) is 5.78. The van der Waals surface area contributed by atoms with Gasteiger partial charge in [0.25, 0.3) is 0 Å². The molecule has 2 aromatic rings. The summed E-state index contributed by atoms with van der Waals surface area (Å²) in [6.45, 7) is 7.17. The SMILES string of the molecule is CCCOc1ccc(CNC(=O)NCc2ccc(N3CCOCC3)cc2)cc1. The van der Waals surface area contributed by atoms with Gasteiger partial charge in [-0.2, -0.15) is 0 Å². The molecule has 28 heavy (non-hydrogen) atoms. The molecule has 2 aromatic carbocycles. The van der Waals surface area contributed by atoms with Crippen LogP contribution in [0.15, 0.2) is 48.5 Å². The number of nitrogens with one attached hydrogen (secondary N) is 2. The molecule has 2 amide bonds. The number of urea groups is 1. The fourth-order valence-corrected chi connectivity index (χ4v) is 3.00. The van der Waals surface area contributed by atoms with Crippen molar-refractivity contribution in [1.82, 2.24) is 10.6 Å². The first-order chi connectivity index (χ1) is 13.7. The van der Waals surface area contributed by atoms with E-state index in [0.29, 0.717) is 19.7 Å². The van der Waals surface area contributed by atoms with Gasteiger partial charge in [-0.25, -0.2) is 4.79 Å². The lowest BCUT2D eigenvalue weighted by Gasteiger charge is -2.28. The Morgan fingerprint density at radius 3 is 2.11 bits per heavy atom. The normalized spacial score (nSPS) is 13.8. The Hall–Kier alpha value is -2.73. The molecular weight excluding hydrogens is 354 g/mol. The molecule has 1 saturated heterocycles. The highest BCUT2D eigenvalue weighted by molar-refractivity contribution is 5.73. The lowest BCUT2D eigenvalue weighted by molar-refractivity contribution is 0.122. The van der Waals surface area contributed by atoms with Crippen molar-refractivity contribution in [3.63, 3.8) is 0 Å². The molecule has 150 valence electrons. The van der Waals surface area contributed by atoms with Gasteiger partial charge in [-0.05, 0) is 41.8 Å². The monoisotopic (exact) mass is 383 g/mol. The smallest absolute Gasteiger partial charge is 0.315 e. The largest absolute Gasteiger partial charge is 0.494 e. The zero-order valence-electron chi connectivity index (χ0n) is 16.4. The summed E-state index contributed by atoms with van der Waals surface area (Å²) >= 11 is 0. The van der Waals surface area contributed by atoms with Gasteiger partial charge in [-0.1, -0.05) is 31.2 Å². The summed E-state index contributed by atoms with van der Waals surface area (Å²) in [7, 11) is 0. The second-order valence-corrected chi connectivity index (χ2v) is 6.79. The quantitative estimate of drug-likeness (QED) is 0.734. The van der Waals surface area contributed by atoms with Crippen LogP contribution < -0.4 is 20.3 Å². The van der Waals surface area contributed by atoms with Crippen molar-refractivity contribution in [3.05, 3.63) is 59.7 Å². The first-order valence-corrected chi connectivity index (χ1v) is 9.89. The van der Waals surface area contributed by atoms with Crippen LogP contribution in [0.1, 0.15) is 24.5 Å².